The monoisotopic (exact) mass is 159 g/mol. The van der Waals surface area contributed by atoms with Crippen LogP contribution in [0.2, 0.25) is 0 Å². The minimum Gasteiger partial charge on any atom is -0.481 e. The lowest BCUT2D eigenvalue weighted by atomic mass is 9.78. The molecule has 0 saturated carbocycles. The van der Waals surface area contributed by atoms with Gasteiger partial charge in [0.05, 0.1) is 5.41 Å². The molecule has 4 heteroatoms. The number of carboxylic acid groups (broad SMARTS) is 1. The average Bonchev–Trinajstić information content (AvgIpc) is 1.85. The van der Waals surface area contributed by atoms with Gasteiger partial charge in [-0.15, -0.1) is 0 Å². The Kier molecular flexibility index (Phi) is 2.46. The van der Waals surface area contributed by atoms with E-state index in [1.165, 1.54) is 0 Å². The molecule has 0 radical (unpaired) electrons. The van der Waals surface area contributed by atoms with E-state index >= 15 is 0 Å². The summed E-state index contributed by atoms with van der Waals surface area (Å²) in [5.74, 6) is -0.746. The van der Waals surface area contributed by atoms with Gasteiger partial charge in [0.15, 0.2) is 0 Å². The predicted molar refractivity (Wildman–Crippen MR) is 39.3 cm³/mol. The zero-order chi connectivity index (χ0) is 8.32. The van der Waals surface area contributed by atoms with Gasteiger partial charge in [-0.25, -0.2) is 0 Å². The minimum absolute atomic E-state index is 0.0784. The van der Waals surface area contributed by atoms with Crippen molar-refractivity contribution in [3.05, 3.63) is 0 Å². The quantitative estimate of drug-likeness (QED) is 0.514. The zero-order valence-corrected chi connectivity index (χ0v) is 6.34. The van der Waals surface area contributed by atoms with Crippen LogP contribution < -0.4 is 5.32 Å². The van der Waals surface area contributed by atoms with Crippen molar-refractivity contribution < 1.29 is 15.0 Å². The first-order valence-corrected chi connectivity index (χ1v) is 3.76. The molecule has 0 spiro atoms. The first kappa shape index (κ1) is 8.49. The third-order valence-corrected chi connectivity index (χ3v) is 2.19. The summed E-state index contributed by atoms with van der Waals surface area (Å²) in [5, 5.41) is 20.2. The molecule has 1 fully saturated rings. The van der Waals surface area contributed by atoms with Crippen LogP contribution in [0.4, 0.5) is 0 Å². The Morgan fingerprint density at radius 1 is 1.55 bits per heavy atom. The second kappa shape index (κ2) is 3.19. The normalized spacial score (nSPS) is 20.8. The van der Waals surface area contributed by atoms with Crippen LogP contribution in [0, 0.1) is 5.41 Å². The highest BCUT2D eigenvalue weighted by molar-refractivity contribution is 5.76. The molecular formula is C7H13NO3. The number of nitrogens with one attached hydrogen (secondary N) is 1. The molecule has 0 amide bonds. The van der Waals surface area contributed by atoms with Crippen molar-refractivity contribution in [2.45, 2.75) is 12.8 Å². The van der Waals surface area contributed by atoms with Crippen molar-refractivity contribution in [2.24, 2.45) is 5.41 Å². The van der Waals surface area contributed by atoms with Gasteiger partial charge in [-0.1, -0.05) is 0 Å². The molecule has 1 aliphatic heterocycles. The van der Waals surface area contributed by atoms with Gasteiger partial charge < -0.3 is 15.5 Å². The van der Waals surface area contributed by atoms with E-state index < -0.39 is 11.4 Å². The van der Waals surface area contributed by atoms with E-state index in [0.29, 0.717) is 25.9 Å². The fraction of sp³-hybridized carbons (Fsp3) is 0.857. The van der Waals surface area contributed by atoms with Gasteiger partial charge in [0, 0.05) is 19.7 Å². The second-order valence-electron chi connectivity index (χ2n) is 3.02. The Morgan fingerprint density at radius 2 is 2.18 bits per heavy atom. The Bertz CT molecular complexity index is 154. The molecule has 64 valence electrons. The predicted octanol–water partition coefficient (Wildman–Crippen LogP) is -0.567. The van der Waals surface area contributed by atoms with E-state index in [-0.39, 0.29) is 6.61 Å². The summed E-state index contributed by atoms with van der Waals surface area (Å²) in [6, 6.07) is 0. The van der Waals surface area contributed by atoms with Crippen LogP contribution in [0.5, 0.6) is 0 Å². The van der Waals surface area contributed by atoms with Crippen molar-refractivity contribution in [3.8, 4) is 0 Å². The molecule has 1 saturated heterocycles. The van der Waals surface area contributed by atoms with Crippen molar-refractivity contribution in [1.29, 1.82) is 0 Å². The Morgan fingerprint density at radius 3 is 2.45 bits per heavy atom. The van der Waals surface area contributed by atoms with Gasteiger partial charge >= 0.3 is 5.97 Å². The number of rotatable bonds is 4. The van der Waals surface area contributed by atoms with E-state index in [4.69, 9.17) is 10.2 Å². The number of carbonyl (C=O) groups is 1. The first-order valence-electron chi connectivity index (χ1n) is 3.76. The minimum atomic E-state index is -0.746. The van der Waals surface area contributed by atoms with E-state index in [2.05, 4.69) is 5.32 Å². The average molecular weight is 159 g/mol. The number of carboxylic acids is 1. The molecule has 4 nitrogen and oxygen atoms in total. The summed E-state index contributed by atoms with van der Waals surface area (Å²) >= 11 is 0. The van der Waals surface area contributed by atoms with Gasteiger partial charge in [0.1, 0.15) is 0 Å². The van der Waals surface area contributed by atoms with Gasteiger partial charge in [-0.05, 0) is 12.8 Å². The van der Waals surface area contributed by atoms with Gasteiger partial charge in [0.2, 0.25) is 0 Å². The van der Waals surface area contributed by atoms with Gasteiger partial charge in [-0.2, -0.15) is 0 Å². The summed E-state index contributed by atoms with van der Waals surface area (Å²) in [5.41, 5.74) is -0.581. The molecule has 0 atom stereocenters. The lowest BCUT2D eigenvalue weighted by Crippen LogP contribution is -2.58. The molecule has 0 aliphatic carbocycles. The third kappa shape index (κ3) is 1.52. The molecule has 0 bridgehead atoms. The Hall–Kier alpha value is -0.610. The third-order valence-electron chi connectivity index (χ3n) is 2.19. The van der Waals surface area contributed by atoms with Crippen LogP contribution in [-0.4, -0.2) is 35.9 Å². The van der Waals surface area contributed by atoms with Gasteiger partial charge in [-0.3, -0.25) is 4.79 Å². The van der Waals surface area contributed by atoms with Crippen LogP contribution >= 0.6 is 0 Å². The molecule has 0 aromatic carbocycles. The van der Waals surface area contributed by atoms with E-state index in [1.807, 2.05) is 0 Å². The fourth-order valence-electron chi connectivity index (χ4n) is 1.28. The van der Waals surface area contributed by atoms with E-state index in [0.717, 1.165) is 0 Å². The smallest absolute Gasteiger partial charge is 0.312 e. The van der Waals surface area contributed by atoms with Crippen molar-refractivity contribution >= 4 is 5.97 Å². The van der Waals surface area contributed by atoms with Crippen LogP contribution in [0.15, 0.2) is 0 Å². The molecule has 0 unspecified atom stereocenters. The topological polar surface area (TPSA) is 69.6 Å². The summed E-state index contributed by atoms with van der Waals surface area (Å²) in [6.07, 6.45) is 1.15. The summed E-state index contributed by atoms with van der Waals surface area (Å²) in [4.78, 5) is 10.7. The highest BCUT2D eigenvalue weighted by Crippen LogP contribution is 2.28. The summed E-state index contributed by atoms with van der Waals surface area (Å²) in [6.45, 7) is 1.17. The first-order chi connectivity index (χ1) is 5.21. The SMILES string of the molecule is O=C(O)C1(CCCO)CNC1. The van der Waals surface area contributed by atoms with Crippen LogP contribution in [-0.2, 0) is 4.79 Å². The molecule has 0 aromatic heterocycles. The standard InChI is InChI=1S/C7H13NO3/c9-3-1-2-7(6(10)11)4-8-5-7/h8-9H,1-5H2,(H,10,11). The maximum atomic E-state index is 10.7. The molecule has 1 rings (SSSR count). The Labute approximate surface area is 65.2 Å². The van der Waals surface area contributed by atoms with Crippen LogP contribution in [0.1, 0.15) is 12.8 Å². The van der Waals surface area contributed by atoms with Crippen molar-refractivity contribution in [1.82, 2.24) is 5.32 Å². The fourth-order valence-corrected chi connectivity index (χ4v) is 1.28. The highest BCUT2D eigenvalue weighted by Gasteiger charge is 2.43. The number of aliphatic hydroxyl groups excluding tert-OH is 1. The van der Waals surface area contributed by atoms with Crippen molar-refractivity contribution in [2.75, 3.05) is 19.7 Å². The highest BCUT2D eigenvalue weighted by atomic mass is 16.4. The number of aliphatic carboxylic acids is 1. The Balaban J connectivity index is 2.40. The van der Waals surface area contributed by atoms with E-state index in [9.17, 15) is 4.79 Å². The lowest BCUT2D eigenvalue weighted by Gasteiger charge is -2.38. The molecule has 3 N–H and O–H groups in total. The van der Waals surface area contributed by atoms with Gasteiger partial charge in [0.25, 0.3) is 0 Å². The van der Waals surface area contributed by atoms with Crippen molar-refractivity contribution in [3.63, 3.8) is 0 Å². The lowest BCUT2D eigenvalue weighted by molar-refractivity contribution is -0.152. The summed E-state index contributed by atoms with van der Waals surface area (Å²) < 4.78 is 0. The molecule has 11 heavy (non-hydrogen) atoms. The number of hydrogen-bond donors (Lipinski definition) is 3. The summed E-state index contributed by atoms with van der Waals surface area (Å²) in [7, 11) is 0. The maximum absolute atomic E-state index is 10.7. The second-order valence-corrected chi connectivity index (χ2v) is 3.02. The number of aliphatic hydroxyl groups is 1. The van der Waals surface area contributed by atoms with Crippen LogP contribution in [0.25, 0.3) is 0 Å². The zero-order valence-electron chi connectivity index (χ0n) is 6.34. The number of hydrogen-bond acceptors (Lipinski definition) is 3. The molecule has 0 aromatic rings. The van der Waals surface area contributed by atoms with E-state index in [1.54, 1.807) is 0 Å². The molecule has 1 aliphatic rings. The maximum Gasteiger partial charge on any atom is 0.312 e. The largest absolute Gasteiger partial charge is 0.481 e. The molecule has 1 heterocycles. The van der Waals surface area contributed by atoms with Crippen LogP contribution in [0.3, 0.4) is 0 Å². The molecular weight excluding hydrogens is 146 g/mol.